The van der Waals surface area contributed by atoms with Gasteiger partial charge in [0.25, 0.3) is 0 Å². The van der Waals surface area contributed by atoms with Crippen molar-refractivity contribution in [3.63, 3.8) is 0 Å². The molecule has 2 aliphatic heterocycles. The Hall–Kier alpha value is 0.500. The number of hydrogen-bond donors (Lipinski definition) is 0. The highest BCUT2D eigenvalue weighted by atomic mass is 32.5. The van der Waals surface area contributed by atoms with Crippen molar-refractivity contribution in [3.05, 3.63) is 0 Å². The molecule has 3 unspecified atom stereocenters. The third-order valence-corrected chi connectivity index (χ3v) is 5.32. The van der Waals surface area contributed by atoms with E-state index in [0.29, 0.717) is 12.8 Å². The van der Waals surface area contributed by atoms with E-state index in [-0.39, 0.29) is 19.3 Å². The second-order valence-electron chi connectivity index (χ2n) is 5.51. The molecule has 0 N–H and O–H groups in total. The zero-order valence-electron chi connectivity index (χ0n) is 13.2. The molecule has 7 atom stereocenters. The van der Waals surface area contributed by atoms with Gasteiger partial charge < -0.3 is 32.9 Å². The molecule has 0 aromatic carbocycles. The third kappa shape index (κ3) is 5.76. The number of rotatable bonds is 8. The van der Waals surface area contributed by atoms with Gasteiger partial charge in [0.2, 0.25) is 0 Å². The molecule has 0 bridgehead atoms. The molecule has 0 aromatic heterocycles. The Morgan fingerprint density at radius 3 is 2.22 bits per heavy atom. The summed E-state index contributed by atoms with van der Waals surface area (Å²) in [4.78, 5) is 12.4. The molecular weight excluding hydrogens is 341 g/mol. The van der Waals surface area contributed by atoms with Gasteiger partial charge in [-0.15, -0.1) is 0 Å². The zero-order chi connectivity index (χ0) is 17.0. The van der Waals surface area contributed by atoms with Crippen molar-refractivity contribution in [2.75, 3.05) is 27.4 Å². The van der Waals surface area contributed by atoms with E-state index < -0.39 is 37.0 Å². The van der Waals surface area contributed by atoms with Crippen LogP contribution in [0.1, 0.15) is 12.8 Å². The van der Waals surface area contributed by atoms with Crippen LogP contribution < -0.4 is 4.89 Å². The molecule has 4 radical (unpaired) electrons. The van der Waals surface area contributed by atoms with Crippen LogP contribution in [-0.4, -0.2) is 79.5 Å². The van der Waals surface area contributed by atoms with Gasteiger partial charge in [-0.25, -0.2) is 0 Å². The molecular formula is C12H20B2O7PS-. The van der Waals surface area contributed by atoms with Crippen LogP contribution >= 0.6 is 6.72 Å². The lowest BCUT2D eigenvalue weighted by molar-refractivity contribution is -0.215. The van der Waals surface area contributed by atoms with E-state index in [0.717, 1.165) is 0 Å². The lowest BCUT2D eigenvalue weighted by Crippen LogP contribution is -2.32. The molecule has 2 fully saturated rings. The number of ether oxygens (including phenoxy) is 4. The van der Waals surface area contributed by atoms with Crippen LogP contribution in [0.3, 0.4) is 0 Å². The first-order valence-electron chi connectivity index (χ1n) is 7.32. The third-order valence-electron chi connectivity index (χ3n) is 3.75. The van der Waals surface area contributed by atoms with Gasteiger partial charge in [0.1, 0.15) is 34.6 Å². The van der Waals surface area contributed by atoms with Gasteiger partial charge >= 0.3 is 0 Å². The molecule has 0 amide bonds. The van der Waals surface area contributed by atoms with Crippen LogP contribution in [0.25, 0.3) is 0 Å². The molecule has 0 aromatic rings. The topological polar surface area (TPSA) is 78.4 Å². The predicted molar refractivity (Wildman–Crippen MR) is 85.8 cm³/mol. The quantitative estimate of drug-likeness (QED) is 0.411. The Balaban J connectivity index is 1.85. The van der Waals surface area contributed by atoms with E-state index in [1.54, 1.807) is 7.11 Å². The minimum Gasteiger partial charge on any atom is -0.780 e. The normalized spacial score (nSPS) is 40.3. The number of methoxy groups -OCH3 is 2. The maximum Gasteiger partial charge on any atom is 0.116 e. The lowest BCUT2D eigenvalue weighted by Gasteiger charge is -2.33. The van der Waals surface area contributed by atoms with Gasteiger partial charge in [0.05, 0.1) is 25.4 Å². The van der Waals surface area contributed by atoms with E-state index >= 15 is 0 Å². The van der Waals surface area contributed by atoms with E-state index in [2.05, 4.69) is 0 Å². The summed E-state index contributed by atoms with van der Waals surface area (Å²) >= 11 is 4.94. The standard InChI is InChI=1S/C12H21B2O7PS/c1-16-5-9-8(4-12(14)19-9)21-22(15,23)18-6-10-7(17-2)3-11(13)20-10/h7-12H,3-6H2,1-2H3,(H,15,23)/p-1/t7?,8?,9-,10-,11-,12-,22?/m1/s1. The molecule has 2 aliphatic rings. The van der Waals surface area contributed by atoms with Crippen molar-refractivity contribution in [2.24, 2.45) is 0 Å². The van der Waals surface area contributed by atoms with Gasteiger partial charge in [0, 0.05) is 26.2 Å². The summed E-state index contributed by atoms with van der Waals surface area (Å²) in [6.45, 7) is -3.48. The SMILES string of the molecule is [B][C@H]1CC(OC)[C@@H](COP([O-])(=S)OC2C[C@H]([B])O[C@@H]2COC)O1. The van der Waals surface area contributed by atoms with Gasteiger partial charge in [-0.1, -0.05) is 11.8 Å². The fraction of sp³-hybridized carbons (Fsp3) is 1.00. The zero-order valence-corrected chi connectivity index (χ0v) is 14.9. The summed E-state index contributed by atoms with van der Waals surface area (Å²) in [7, 11) is 14.5. The second kappa shape index (κ2) is 8.74. The molecule has 2 heterocycles. The molecule has 2 saturated heterocycles. The summed E-state index contributed by atoms with van der Waals surface area (Å²) in [5.41, 5.74) is 0. The second-order valence-corrected chi connectivity index (χ2v) is 8.22. The van der Waals surface area contributed by atoms with Crippen LogP contribution in [0.4, 0.5) is 0 Å². The molecule has 0 aliphatic carbocycles. The first kappa shape index (κ1) is 19.8. The van der Waals surface area contributed by atoms with Crippen LogP contribution in [0, 0.1) is 0 Å². The van der Waals surface area contributed by atoms with E-state index in [1.807, 2.05) is 0 Å². The minimum absolute atomic E-state index is 0.0262. The highest BCUT2D eigenvalue weighted by molar-refractivity contribution is 8.06. The summed E-state index contributed by atoms with van der Waals surface area (Å²) in [5, 5.41) is 0. The van der Waals surface area contributed by atoms with Crippen molar-refractivity contribution in [3.8, 4) is 0 Å². The predicted octanol–water partition coefficient (Wildman–Crippen LogP) is -0.799. The van der Waals surface area contributed by atoms with Gasteiger partial charge in [-0.3, -0.25) is 0 Å². The molecule has 2 rings (SSSR count). The van der Waals surface area contributed by atoms with Crippen LogP contribution in [0.5, 0.6) is 0 Å². The van der Waals surface area contributed by atoms with Crippen LogP contribution in [0.15, 0.2) is 0 Å². The average molecular weight is 361 g/mol. The average Bonchev–Trinajstić information content (AvgIpc) is 2.99. The molecule has 128 valence electrons. The van der Waals surface area contributed by atoms with Crippen molar-refractivity contribution in [1.82, 2.24) is 0 Å². The maximum absolute atomic E-state index is 12.4. The van der Waals surface area contributed by atoms with Gasteiger partial charge in [0.15, 0.2) is 0 Å². The van der Waals surface area contributed by atoms with Gasteiger partial charge in [-0.2, -0.15) is 0 Å². The first-order valence-corrected chi connectivity index (χ1v) is 9.88. The highest BCUT2D eigenvalue weighted by Gasteiger charge is 2.36. The monoisotopic (exact) mass is 361 g/mol. The molecule has 0 saturated carbocycles. The first-order chi connectivity index (χ1) is 10.8. The summed E-state index contributed by atoms with van der Waals surface area (Å²) < 4.78 is 31.8. The Kier molecular flexibility index (Phi) is 7.53. The minimum atomic E-state index is -3.72. The largest absolute Gasteiger partial charge is 0.780 e. The Bertz CT molecular complexity index is 432. The Labute approximate surface area is 144 Å². The van der Waals surface area contributed by atoms with Crippen LogP contribution in [0.2, 0.25) is 0 Å². The van der Waals surface area contributed by atoms with Crippen molar-refractivity contribution in [1.29, 1.82) is 0 Å². The lowest BCUT2D eigenvalue weighted by atomic mass is 9.96. The maximum atomic E-state index is 12.4. The smallest absolute Gasteiger partial charge is 0.116 e. The van der Waals surface area contributed by atoms with Crippen molar-refractivity contribution in [2.45, 2.75) is 49.3 Å². The molecule has 11 heteroatoms. The molecule has 7 nitrogen and oxygen atoms in total. The summed E-state index contributed by atoms with van der Waals surface area (Å²) in [5.74, 6) is 0. The van der Waals surface area contributed by atoms with Gasteiger partial charge in [-0.05, 0) is 12.8 Å². The van der Waals surface area contributed by atoms with E-state index in [1.165, 1.54) is 7.11 Å². The Morgan fingerprint density at radius 2 is 1.65 bits per heavy atom. The van der Waals surface area contributed by atoms with Crippen LogP contribution in [-0.2, 0) is 39.8 Å². The van der Waals surface area contributed by atoms with Crippen molar-refractivity contribution >= 4 is 34.2 Å². The summed E-state index contributed by atoms with van der Waals surface area (Å²) in [6.07, 6.45) is -0.745. The molecule has 23 heavy (non-hydrogen) atoms. The fourth-order valence-electron chi connectivity index (χ4n) is 2.67. The fourth-order valence-corrected chi connectivity index (χ4v) is 4.13. The molecule has 0 spiro atoms. The number of hydrogen-bond acceptors (Lipinski definition) is 8. The Morgan fingerprint density at radius 1 is 1.09 bits per heavy atom. The highest BCUT2D eigenvalue weighted by Crippen LogP contribution is 2.44. The van der Waals surface area contributed by atoms with Crippen molar-refractivity contribution < 1.29 is 32.9 Å². The van der Waals surface area contributed by atoms with E-state index in [4.69, 9.17) is 55.5 Å². The van der Waals surface area contributed by atoms with E-state index in [9.17, 15) is 4.89 Å². The summed E-state index contributed by atoms with van der Waals surface area (Å²) in [6, 6.07) is -0.949.